The Hall–Kier alpha value is -1.02. The molecule has 0 aliphatic carbocycles. The van der Waals surface area contributed by atoms with Crippen molar-refractivity contribution < 1.29 is 10.0 Å². The van der Waals surface area contributed by atoms with Crippen LogP contribution in [0.3, 0.4) is 0 Å². The molecule has 1 unspecified atom stereocenters. The fourth-order valence-corrected chi connectivity index (χ4v) is 2.21. The number of oxime groups is 1. The van der Waals surface area contributed by atoms with Gasteiger partial charge in [-0.05, 0) is 47.7 Å². The fraction of sp³-hybridized carbons (Fsp3) is 0.385. The molecule has 0 heterocycles. The molecule has 7 heteroatoms. The molecular formula is C13H17ClIN3O2. The van der Waals surface area contributed by atoms with E-state index in [4.69, 9.17) is 22.5 Å². The first-order valence-electron chi connectivity index (χ1n) is 6.12. The van der Waals surface area contributed by atoms with Crippen molar-refractivity contribution in [3.8, 4) is 0 Å². The molecule has 110 valence electrons. The summed E-state index contributed by atoms with van der Waals surface area (Å²) in [5, 5.41) is 12.2. The highest BCUT2D eigenvalue weighted by Gasteiger charge is 2.19. The summed E-state index contributed by atoms with van der Waals surface area (Å²) < 4.78 is 0.897. The molecule has 0 radical (unpaired) electrons. The molecule has 3 N–H and O–H groups in total. The van der Waals surface area contributed by atoms with E-state index in [1.54, 1.807) is 30.0 Å². The van der Waals surface area contributed by atoms with Gasteiger partial charge in [0, 0.05) is 28.1 Å². The van der Waals surface area contributed by atoms with E-state index < -0.39 is 0 Å². The van der Waals surface area contributed by atoms with E-state index in [0.29, 0.717) is 23.7 Å². The minimum absolute atomic E-state index is 0.108. The highest BCUT2D eigenvalue weighted by atomic mass is 127. The number of halogens is 2. The summed E-state index contributed by atoms with van der Waals surface area (Å²) in [5.41, 5.74) is 6.07. The van der Waals surface area contributed by atoms with Crippen molar-refractivity contribution in [2.24, 2.45) is 16.8 Å². The second kappa shape index (κ2) is 7.68. The van der Waals surface area contributed by atoms with Crippen molar-refractivity contribution in [2.75, 3.05) is 13.1 Å². The molecule has 0 aliphatic heterocycles. The Bertz CT molecular complexity index is 522. The molecule has 1 amide bonds. The van der Waals surface area contributed by atoms with E-state index in [-0.39, 0.29) is 17.7 Å². The third kappa shape index (κ3) is 4.24. The second-order valence-electron chi connectivity index (χ2n) is 4.40. The Morgan fingerprint density at radius 3 is 2.75 bits per heavy atom. The number of rotatable bonds is 5. The van der Waals surface area contributed by atoms with Crippen molar-refractivity contribution in [3.63, 3.8) is 0 Å². The number of hydrogen-bond acceptors (Lipinski definition) is 3. The number of amidine groups is 1. The van der Waals surface area contributed by atoms with Crippen LogP contribution in [0.25, 0.3) is 0 Å². The van der Waals surface area contributed by atoms with E-state index in [1.807, 2.05) is 6.92 Å². The van der Waals surface area contributed by atoms with Crippen LogP contribution >= 0.6 is 34.2 Å². The lowest BCUT2D eigenvalue weighted by Crippen LogP contribution is -2.38. The Morgan fingerprint density at radius 1 is 1.60 bits per heavy atom. The lowest BCUT2D eigenvalue weighted by molar-refractivity contribution is 0.0754. The molecular weight excluding hydrogens is 393 g/mol. The summed E-state index contributed by atoms with van der Waals surface area (Å²) in [6.45, 7) is 4.59. The minimum atomic E-state index is -0.219. The maximum absolute atomic E-state index is 12.4. The maximum Gasteiger partial charge on any atom is 0.253 e. The van der Waals surface area contributed by atoms with Crippen LogP contribution in [-0.4, -0.2) is 34.9 Å². The van der Waals surface area contributed by atoms with Crippen molar-refractivity contribution in [2.45, 2.75) is 13.8 Å². The van der Waals surface area contributed by atoms with Gasteiger partial charge in [-0.1, -0.05) is 23.7 Å². The molecule has 20 heavy (non-hydrogen) atoms. The number of nitrogens with zero attached hydrogens (tertiary/aromatic N) is 2. The highest BCUT2D eigenvalue weighted by molar-refractivity contribution is 14.1. The SMILES string of the molecule is CCN(CC(C)/C(N)=N/O)C(=O)c1ccc(I)c(Cl)c1. The topological polar surface area (TPSA) is 78.9 Å². The molecule has 1 rings (SSSR count). The number of carbonyl (C=O) groups excluding carboxylic acids is 1. The molecule has 0 saturated carbocycles. The Kier molecular flexibility index (Phi) is 6.54. The molecule has 1 aromatic carbocycles. The predicted molar refractivity (Wildman–Crippen MR) is 88.3 cm³/mol. The van der Waals surface area contributed by atoms with E-state index >= 15 is 0 Å². The van der Waals surface area contributed by atoms with E-state index in [9.17, 15) is 4.79 Å². The van der Waals surface area contributed by atoms with Crippen molar-refractivity contribution in [1.29, 1.82) is 0 Å². The molecule has 0 aliphatic rings. The molecule has 0 saturated heterocycles. The van der Waals surface area contributed by atoms with Gasteiger partial charge in [0.2, 0.25) is 0 Å². The van der Waals surface area contributed by atoms with E-state index in [0.717, 1.165) is 3.57 Å². The number of amides is 1. The highest BCUT2D eigenvalue weighted by Crippen LogP contribution is 2.20. The summed E-state index contributed by atoms with van der Waals surface area (Å²) in [4.78, 5) is 14.0. The van der Waals surface area contributed by atoms with Crippen molar-refractivity contribution >= 4 is 45.9 Å². The third-order valence-corrected chi connectivity index (χ3v) is 4.52. The van der Waals surface area contributed by atoms with Gasteiger partial charge >= 0.3 is 0 Å². The van der Waals surface area contributed by atoms with Crippen LogP contribution in [0.4, 0.5) is 0 Å². The van der Waals surface area contributed by atoms with Crippen LogP contribution in [0.2, 0.25) is 5.02 Å². The maximum atomic E-state index is 12.4. The Balaban J connectivity index is 2.89. The van der Waals surface area contributed by atoms with Crippen LogP contribution < -0.4 is 5.73 Å². The average molecular weight is 410 g/mol. The molecule has 5 nitrogen and oxygen atoms in total. The quantitative estimate of drug-likeness (QED) is 0.258. The fourth-order valence-electron chi connectivity index (χ4n) is 1.69. The number of hydrogen-bond donors (Lipinski definition) is 2. The first kappa shape index (κ1) is 17.0. The summed E-state index contributed by atoms with van der Waals surface area (Å²) in [6, 6.07) is 5.20. The van der Waals surface area contributed by atoms with Gasteiger partial charge in [-0.2, -0.15) is 0 Å². The van der Waals surface area contributed by atoms with Crippen LogP contribution in [0.1, 0.15) is 24.2 Å². The van der Waals surface area contributed by atoms with Gasteiger partial charge in [-0.15, -0.1) is 0 Å². The van der Waals surface area contributed by atoms with Gasteiger partial charge in [0.15, 0.2) is 0 Å². The zero-order chi connectivity index (χ0) is 15.3. The molecule has 1 aromatic rings. The number of benzene rings is 1. The summed E-state index contributed by atoms with van der Waals surface area (Å²) in [5.74, 6) is -0.233. The van der Waals surface area contributed by atoms with Gasteiger partial charge < -0.3 is 15.8 Å². The third-order valence-electron chi connectivity index (χ3n) is 2.95. The summed E-state index contributed by atoms with van der Waals surface area (Å²) in [7, 11) is 0. The van der Waals surface area contributed by atoms with Crippen LogP contribution in [0, 0.1) is 9.49 Å². The minimum Gasteiger partial charge on any atom is -0.409 e. The standard InChI is InChI=1S/C13H17ClIN3O2/c1-3-18(7-8(2)12(16)17-20)13(19)9-4-5-11(15)10(14)6-9/h4-6,8,20H,3,7H2,1-2H3,(H2,16,17). The van der Waals surface area contributed by atoms with E-state index in [2.05, 4.69) is 27.7 Å². The van der Waals surface area contributed by atoms with E-state index in [1.165, 1.54) is 0 Å². The predicted octanol–water partition coefficient (Wildman–Crippen LogP) is 2.79. The van der Waals surface area contributed by atoms with Crippen LogP contribution in [0.5, 0.6) is 0 Å². The largest absolute Gasteiger partial charge is 0.409 e. The first-order chi connectivity index (χ1) is 9.40. The average Bonchev–Trinajstić information content (AvgIpc) is 2.45. The smallest absolute Gasteiger partial charge is 0.253 e. The zero-order valence-electron chi connectivity index (χ0n) is 11.3. The molecule has 0 fully saturated rings. The van der Waals surface area contributed by atoms with Gasteiger partial charge in [0.05, 0.1) is 5.02 Å². The molecule has 1 atom stereocenters. The zero-order valence-corrected chi connectivity index (χ0v) is 14.2. The van der Waals surface area contributed by atoms with Crippen molar-refractivity contribution in [1.82, 2.24) is 4.90 Å². The van der Waals surface area contributed by atoms with Crippen LogP contribution in [0.15, 0.2) is 23.4 Å². The number of nitrogens with two attached hydrogens (primary N) is 1. The van der Waals surface area contributed by atoms with Gasteiger partial charge in [-0.3, -0.25) is 4.79 Å². The Morgan fingerprint density at radius 2 is 2.25 bits per heavy atom. The van der Waals surface area contributed by atoms with Gasteiger partial charge in [-0.25, -0.2) is 0 Å². The molecule has 0 bridgehead atoms. The van der Waals surface area contributed by atoms with Gasteiger partial charge in [0.25, 0.3) is 5.91 Å². The number of carbonyl (C=O) groups is 1. The normalized spacial score (nSPS) is 13.1. The van der Waals surface area contributed by atoms with Crippen molar-refractivity contribution in [3.05, 3.63) is 32.4 Å². The molecule has 0 spiro atoms. The monoisotopic (exact) mass is 409 g/mol. The van der Waals surface area contributed by atoms with Gasteiger partial charge in [0.1, 0.15) is 5.84 Å². The Labute approximate surface area is 136 Å². The molecule has 0 aromatic heterocycles. The summed E-state index contributed by atoms with van der Waals surface area (Å²) in [6.07, 6.45) is 0. The lowest BCUT2D eigenvalue weighted by atomic mass is 10.1. The lowest BCUT2D eigenvalue weighted by Gasteiger charge is -2.24. The second-order valence-corrected chi connectivity index (χ2v) is 5.97. The first-order valence-corrected chi connectivity index (χ1v) is 7.58. The van der Waals surface area contributed by atoms with Crippen LogP contribution in [-0.2, 0) is 0 Å². The summed E-state index contributed by atoms with van der Waals surface area (Å²) >= 11 is 8.14.